The molecule has 0 radical (unpaired) electrons. The number of primary amides is 1. The van der Waals surface area contributed by atoms with E-state index in [-0.39, 0.29) is 5.91 Å². The molecule has 0 unspecified atom stereocenters. The molecular weight excluding hydrogens is 144 g/mol. The first-order valence-electron chi connectivity index (χ1n) is 3.54. The number of hydrogen-bond acceptors (Lipinski definition) is 4. The van der Waals surface area contributed by atoms with Crippen LogP contribution in [0.15, 0.2) is 5.10 Å². The maximum Gasteiger partial charge on any atom is 0.219 e. The van der Waals surface area contributed by atoms with Crippen LogP contribution in [0.4, 0.5) is 0 Å². The van der Waals surface area contributed by atoms with E-state index >= 15 is 0 Å². The molecule has 0 saturated carbocycles. The summed E-state index contributed by atoms with van der Waals surface area (Å²) >= 11 is 0. The minimum atomic E-state index is -0.300. The molecule has 1 aliphatic heterocycles. The van der Waals surface area contributed by atoms with Gasteiger partial charge in [-0.1, -0.05) is 0 Å². The molecular formula is C6H12N4O. The minimum Gasteiger partial charge on any atom is -0.386 e. The first-order chi connectivity index (χ1) is 5.18. The lowest BCUT2D eigenvalue weighted by Gasteiger charge is -2.10. The molecule has 1 amide bonds. The molecule has 4 N–H and O–H groups in total. The Morgan fingerprint density at radius 2 is 2.45 bits per heavy atom. The second-order valence-corrected chi connectivity index (χ2v) is 2.51. The van der Waals surface area contributed by atoms with Gasteiger partial charge >= 0.3 is 0 Å². The molecule has 0 aromatic rings. The van der Waals surface area contributed by atoms with Crippen LogP contribution in [-0.2, 0) is 4.79 Å². The molecule has 62 valence electrons. The highest BCUT2D eigenvalue weighted by Crippen LogP contribution is 2.02. The van der Waals surface area contributed by atoms with Crippen LogP contribution in [0.5, 0.6) is 0 Å². The van der Waals surface area contributed by atoms with Gasteiger partial charge < -0.3 is 11.5 Å². The zero-order valence-electron chi connectivity index (χ0n) is 6.29. The number of nitrogens with two attached hydrogens (primary N) is 2. The normalized spacial score (nSPS) is 16.7. The Hall–Kier alpha value is -1.26. The Bertz CT molecular complexity index is 189. The van der Waals surface area contributed by atoms with Crippen molar-refractivity contribution in [3.8, 4) is 0 Å². The molecule has 5 heteroatoms. The number of hydrogen-bond donors (Lipinski definition) is 2. The van der Waals surface area contributed by atoms with Crippen molar-refractivity contribution in [2.24, 2.45) is 16.6 Å². The SMILES string of the molecule is NC(=O)CCN1CCC(N)=N1. The number of carbonyl (C=O) groups excluding carboxylic acids is 1. The smallest absolute Gasteiger partial charge is 0.219 e. The van der Waals surface area contributed by atoms with Crippen LogP contribution in [-0.4, -0.2) is 29.8 Å². The van der Waals surface area contributed by atoms with E-state index in [9.17, 15) is 4.79 Å². The summed E-state index contributed by atoms with van der Waals surface area (Å²) in [5, 5.41) is 5.74. The summed E-state index contributed by atoms with van der Waals surface area (Å²) in [6.45, 7) is 1.38. The average Bonchev–Trinajstić information content (AvgIpc) is 2.31. The third-order valence-corrected chi connectivity index (χ3v) is 1.51. The van der Waals surface area contributed by atoms with Crippen LogP contribution in [0.2, 0.25) is 0 Å². The van der Waals surface area contributed by atoms with Gasteiger partial charge in [-0.25, -0.2) is 0 Å². The highest BCUT2D eigenvalue weighted by atomic mass is 16.1. The number of hydrazone groups is 1. The fraction of sp³-hybridized carbons (Fsp3) is 0.667. The molecule has 1 heterocycles. The second kappa shape index (κ2) is 3.23. The molecule has 5 nitrogen and oxygen atoms in total. The van der Waals surface area contributed by atoms with Gasteiger partial charge in [0.25, 0.3) is 0 Å². The summed E-state index contributed by atoms with van der Waals surface area (Å²) in [6.07, 6.45) is 1.13. The molecule has 0 bridgehead atoms. The van der Waals surface area contributed by atoms with Crippen LogP contribution < -0.4 is 11.5 Å². The lowest BCUT2D eigenvalue weighted by atomic mass is 10.4. The van der Waals surface area contributed by atoms with Gasteiger partial charge in [-0.15, -0.1) is 0 Å². The largest absolute Gasteiger partial charge is 0.386 e. The van der Waals surface area contributed by atoms with E-state index in [2.05, 4.69) is 5.10 Å². The maximum absolute atomic E-state index is 10.4. The molecule has 0 saturated heterocycles. The maximum atomic E-state index is 10.4. The van der Waals surface area contributed by atoms with E-state index < -0.39 is 0 Å². The Morgan fingerprint density at radius 1 is 1.73 bits per heavy atom. The molecule has 0 aromatic carbocycles. The van der Waals surface area contributed by atoms with E-state index in [4.69, 9.17) is 11.5 Å². The number of nitrogens with zero attached hydrogens (tertiary/aromatic N) is 2. The average molecular weight is 156 g/mol. The Morgan fingerprint density at radius 3 is 2.91 bits per heavy atom. The van der Waals surface area contributed by atoms with Gasteiger partial charge in [0.05, 0.1) is 0 Å². The van der Waals surface area contributed by atoms with Crippen molar-refractivity contribution in [1.82, 2.24) is 5.01 Å². The van der Waals surface area contributed by atoms with Crippen molar-refractivity contribution in [2.75, 3.05) is 13.1 Å². The Kier molecular flexibility index (Phi) is 2.30. The van der Waals surface area contributed by atoms with Gasteiger partial charge in [-0.2, -0.15) is 5.10 Å². The van der Waals surface area contributed by atoms with Crippen LogP contribution in [0.3, 0.4) is 0 Å². The van der Waals surface area contributed by atoms with Crippen LogP contribution >= 0.6 is 0 Å². The van der Waals surface area contributed by atoms with Gasteiger partial charge in [-0.05, 0) is 0 Å². The topological polar surface area (TPSA) is 84.7 Å². The zero-order valence-corrected chi connectivity index (χ0v) is 6.29. The van der Waals surface area contributed by atoms with Crippen LogP contribution in [0, 0.1) is 0 Å². The lowest BCUT2D eigenvalue weighted by molar-refractivity contribution is -0.118. The van der Waals surface area contributed by atoms with Crippen molar-refractivity contribution in [1.29, 1.82) is 0 Å². The standard InChI is InChI=1S/C6H12N4O/c7-5-1-3-10(9-5)4-2-6(8)11/h1-4H2,(H2,7,9)(H2,8,11). The number of amides is 1. The summed E-state index contributed by atoms with van der Waals surface area (Å²) in [6, 6.07) is 0. The molecule has 11 heavy (non-hydrogen) atoms. The first-order valence-corrected chi connectivity index (χ1v) is 3.54. The highest BCUT2D eigenvalue weighted by molar-refractivity contribution is 5.81. The molecule has 1 rings (SSSR count). The third-order valence-electron chi connectivity index (χ3n) is 1.51. The predicted octanol–water partition coefficient (Wildman–Crippen LogP) is -1.16. The zero-order chi connectivity index (χ0) is 8.27. The minimum absolute atomic E-state index is 0.300. The van der Waals surface area contributed by atoms with Crippen molar-refractivity contribution in [3.63, 3.8) is 0 Å². The van der Waals surface area contributed by atoms with E-state index in [0.29, 0.717) is 18.8 Å². The van der Waals surface area contributed by atoms with Crippen molar-refractivity contribution in [3.05, 3.63) is 0 Å². The fourth-order valence-corrected chi connectivity index (χ4v) is 0.926. The van der Waals surface area contributed by atoms with Crippen molar-refractivity contribution in [2.45, 2.75) is 12.8 Å². The van der Waals surface area contributed by atoms with Gasteiger partial charge in [-0.3, -0.25) is 9.80 Å². The fourth-order valence-electron chi connectivity index (χ4n) is 0.926. The molecule has 0 spiro atoms. The third kappa shape index (κ3) is 2.45. The first kappa shape index (κ1) is 7.84. The summed E-state index contributed by atoms with van der Waals surface area (Å²) in [7, 11) is 0. The summed E-state index contributed by atoms with van der Waals surface area (Å²) in [5.41, 5.74) is 10.4. The van der Waals surface area contributed by atoms with Gasteiger partial charge in [0.2, 0.25) is 5.91 Å². The van der Waals surface area contributed by atoms with Gasteiger partial charge in [0.1, 0.15) is 5.84 Å². The quantitative estimate of drug-likeness (QED) is 0.540. The second-order valence-electron chi connectivity index (χ2n) is 2.51. The van der Waals surface area contributed by atoms with E-state index in [1.54, 1.807) is 5.01 Å². The summed E-state index contributed by atoms with van der Waals surface area (Å²) < 4.78 is 0. The lowest BCUT2D eigenvalue weighted by Crippen LogP contribution is -2.22. The number of amidine groups is 1. The summed E-state index contributed by atoms with van der Waals surface area (Å²) in [4.78, 5) is 10.4. The molecule has 0 aromatic heterocycles. The van der Waals surface area contributed by atoms with Crippen LogP contribution in [0.25, 0.3) is 0 Å². The van der Waals surface area contributed by atoms with Gasteiger partial charge in [0, 0.05) is 25.9 Å². The monoisotopic (exact) mass is 156 g/mol. The predicted molar refractivity (Wildman–Crippen MR) is 41.6 cm³/mol. The van der Waals surface area contributed by atoms with E-state index in [0.717, 1.165) is 13.0 Å². The van der Waals surface area contributed by atoms with Crippen LogP contribution in [0.1, 0.15) is 12.8 Å². The highest BCUT2D eigenvalue weighted by Gasteiger charge is 2.11. The molecule has 0 atom stereocenters. The number of carbonyl (C=O) groups is 1. The molecule has 1 aliphatic rings. The van der Waals surface area contributed by atoms with E-state index in [1.165, 1.54) is 0 Å². The van der Waals surface area contributed by atoms with Gasteiger partial charge in [0.15, 0.2) is 0 Å². The summed E-state index contributed by atoms with van der Waals surface area (Å²) in [5.74, 6) is 0.333. The van der Waals surface area contributed by atoms with E-state index in [1.807, 2.05) is 0 Å². The van der Waals surface area contributed by atoms with Crippen molar-refractivity contribution < 1.29 is 4.79 Å². The Labute approximate surface area is 65.0 Å². The molecule has 0 aliphatic carbocycles. The Balaban J connectivity index is 2.23. The van der Waals surface area contributed by atoms with Crippen molar-refractivity contribution >= 4 is 11.7 Å². The molecule has 0 fully saturated rings. The number of rotatable bonds is 3.